The quantitative estimate of drug-likeness (QED) is 0.878. The highest BCUT2D eigenvalue weighted by Gasteiger charge is 2.24. The SMILES string of the molecule is CC1Oc2ccc(C(=O)NC3CCCCC3)cc2NC1=O. The zero-order valence-corrected chi connectivity index (χ0v) is 12.1. The molecule has 1 atom stereocenters. The topological polar surface area (TPSA) is 67.4 Å². The molecule has 1 unspecified atom stereocenters. The summed E-state index contributed by atoms with van der Waals surface area (Å²) in [6.07, 6.45) is 5.21. The van der Waals surface area contributed by atoms with E-state index in [1.165, 1.54) is 19.3 Å². The average Bonchev–Trinajstić information content (AvgIpc) is 2.49. The van der Waals surface area contributed by atoms with Gasteiger partial charge in [-0.1, -0.05) is 19.3 Å². The summed E-state index contributed by atoms with van der Waals surface area (Å²) in [7, 11) is 0. The van der Waals surface area contributed by atoms with E-state index in [-0.39, 0.29) is 17.9 Å². The van der Waals surface area contributed by atoms with Crippen LogP contribution in [-0.2, 0) is 4.79 Å². The summed E-state index contributed by atoms with van der Waals surface area (Å²) in [5.74, 6) is 0.334. The lowest BCUT2D eigenvalue weighted by molar-refractivity contribution is -0.122. The Morgan fingerprint density at radius 3 is 2.81 bits per heavy atom. The molecule has 3 rings (SSSR count). The van der Waals surface area contributed by atoms with Crippen molar-refractivity contribution >= 4 is 17.5 Å². The number of ether oxygens (including phenoxy) is 1. The Hall–Kier alpha value is -2.04. The third kappa shape index (κ3) is 3.01. The largest absolute Gasteiger partial charge is 0.479 e. The van der Waals surface area contributed by atoms with Crippen LogP contribution in [0.15, 0.2) is 18.2 Å². The standard InChI is InChI=1S/C16H20N2O3/c1-10-15(19)18-13-9-11(7-8-14(13)21-10)16(20)17-12-5-3-2-4-6-12/h7-10,12H,2-6H2,1H3,(H,17,20)(H,18,19). The first-order valence-corrected chi connectivity index (χ1v) is 7.56. The van der Waals surface area contributed by atoms with Gasteiger partial charge in [-0.3, -0.25) is 9.59 Å². The van der Waals surface area contributed by atoms with Crippen molar-refractivity contribution in [3.05, 3.63) is 23.8 Å². The van der Waals surface area contributed by atoms with Gasteiger partial charge in [0.2, 0.25) is 0 Å². The Morgan fingerprint density at radius 2 is 2.05 bits per heavy atom. The van der Waals surface area contributed by atoms with E-state index in [1.54, 1.807) is 25.1 Å². The minimum atomic E-state index is -0.501. The van der Waals surface area contributed by atoms with Gasteiger partial charge in [-0.25, -0.2) is 0 Å². The molecule has 1 aliphatic carbocycles. The van der Waals surface area contributed by atoms with E-state index in [2.05, 4.69) is 10.6 Å². The molecule has 1 aromatic carbocycles. The van der Waals surface area contributed by atoms with Crippen LogP contribution in [0.5, 0.6) is 5.75 Å². The van der Waals surface area contributed by atoms with Gasteiger partial charge in [-0.15, -0.1) is 0 Å². The lowest BCUT2D eigenvalue weighted by Gasteiger charge is -2.25. The smallest absolute Gasteiger partial charge is 0.265 e. The molecule has 1 heterocycles. The van der Waals surface area contributed by atoms with Crippen molar-refractivity contribution in [1.82, 2.24) is 5.32 Å². The molecule has 0 saturated heterocycles. The summed E-state index contributed by atoms with van der Waals surface area (Å²) in [6, 6.07) is 5.42. The Kier molecular flexibility index (Phi) is 3.82. The van der Waals surface area contributed by atoms with E-state index in [0.717, 1.165) is 12.8 Å². The molecule has 2 N–H and O–H groups in total. The molecule has 112 valence electrons. The molecule has 2 amide bonds. The third-order valence-electron chi connectivity index (χ3n) is 4.11. The summed E-state index contributed by atoms with van der Waals surface area (Å²) in [5, 5.41) is 5.83. The number of anilines is 1. The number of fused-ring (bicyclic) bond motifs is 1. The minimum absolute atomic E-state index is 0.0856. The maximum absolute atomic E-state index is 12.3. The van der Waals surface area contributed by atoms with Gasteiger partial charge in [0.25, 0.3) is 11.8 Å². The molecule has 5 heteroatoms. The second-order valence-electron chi connectivity index (χ2n) is 5.77. The Labute approximate surface area is 124 Å². The van der Waals surface area contributed by atoms with Gasteiger partial charge in [0, 0.05) is 11.6 Å². The zero-order valence-electron chi connectivity index (χ0n) is 12.1. The number of carbonyl (C=O) groups excluding carboxylic acids is 2. The highest BCUT2D eigenvalue weighted by Crippen LogP contribution is 2.30. The van der Waals surface area contributed by atoms with Crippen molar-refractivity contribution in [3.63, 3.8) is 0 Å². The maximum Gasteiger partial charge on any atom is 0.265 e. The molecule has 21 heavy (non-hydrogen) atoms. The lowest BCUT2D eigenvalue weighted by atomic mass is 9.95. The maximum atomic E-state index is 12.3. The normalized spacial score (nSPS) is 22.0. The van der Waals surface area contributed by atoms with E-state index in [9.17, 15) is 9.59 Å². The molecule has 1 fully saturated rings. The van der Waals surface area contributed by atoms with Gasteiger partial charge >= 0.3 is 0 Å². The molecule has 1 aliphatic heterocycles. The van der Waals surface area contributed by atoms with Gasteiger partial charge in [-0.05, 0) is 38.0 Å². The van der Waals surface area contributed by atoms with Crippen LogP contribution >= 0.6 is 0 Å². The van der Waals surface area contributed by atoms with Gasteiger partial charge in [0.05, 0.1) is 5.69 Å². The number of nitrogens with one attached hydrogen (secondary N) is 2. The van der Waals surface area contributed by atoms with Gasteiger partial charge in [0.1, 0.15) is 5.75 Å². The molecule has 0 spiro atoms. The van der Waals surface area contributed by atoms with Crippen LogP contribution in [0.2, 0.25) is 0 Å². The molecule has 1 aromatic rings. The third-order valence-corrected chi connectivity index (χ3v) is 4.11. The highest BCUT2D eigenvalue weighted by atomic mass is 16.5. The Morgan fingerprint density at radius 1 is 1.29 bits per heavy atom. The van der Waals surface area contributed by atoms with E-state index in [1.807, 2.05) is 0 Å². The first-order valence-electron chi connectivity index (χ1n) is 7.56. The van der Waals surface area contributed by atoms with E-state index < -0.39 is 6.10 Å². The molecule has 2 aliphatic rings. The summed E-state index contributed by atoms with van der Waals surface area (Å²) in [5.41, 5.74) is 1.12. The fraction of sp³-hybridized carbons (Fsp3) is 0.500. The Balaban J connectivity index is 1.72. The number of hydrogen-bond acceptors (Lipinski definition) is 3. The van der Waals surface area contributed by atoms with Gasteiger partial charge < -0.3 is 15.4 Å². The number of amides is 2. The van der Waals surface area contributed by atoms with E-state index in [4.69, 9.17) is 4.74 Å². The summed E-state index contributed by atoms with van der Waals surface area (Å²) < 4.78 is 5.48. The van der Waals surface area contributed by atoms with Crippen LogP contribution in [-0.4, -0.2) is 24.0 Å². The van der Waals surface area contributed by atoms with Crippen molar-refractivity contribution < 1.29 is 14.3 Å². The van der Waals surface area contributed by atoms with Crippen LogP contribution in [0.1, 0.15) is 49.4 Å². The molecule has 0 aromatic heterocycles. The van der Waals surface area contributed by atoms with Crippen molar-refractivity contribution in [3.8, 4) is 5.75 Å². The van der Waals surface area contributed by atoms with Crippen molar-refractivity contribution in [2.75, 3.05) is 5.32 Å². The molecular weight excluding hydrogens is 268 g/mol. The monoisotopic (exact) mass is 288 g/mol. The summed E-state index contributed by atoms with van der Waals surface area (Å²) >= 11 is 0. The Bertz CT molecular complexity index is 565. The number of rotatable bonds is 2. The summed E-state index contributed by atoms with van der Waals surface area (Å²) in [6.45, 7) is 1.70. The van der Waals surface area contributed by atoms with Crippen LogP contribution in [0.4, 0.5) is 5.69 Å². The zero-order chi connectivity index (χ0) is 14.8. The number of benzene rings is 1. The van der Waals surface area contributed by atoms with Crippen molar-refractivity contribution in [2.45, 2.75) is 51.2 Å². The number of carbonyl (C=O) groups is 2. The second-order valence-corrected chi connectivity index (χ2v) is 5.77. The first kappa shape index (κ1) is 13.9. The van der Waals surface area contributed by atoms with Crippen LogP contribution in [0.25, 0.3) is 0 Å². The van der Waals surface area contributed by atoms with Crippen LogP contribution in [0.3, 0.4) is 0 Å². The van der Waals surface area contributed by atoms with E-state index in [0.29, 0.717) is 17.0 Å². The molecule has 0 radical (unpaired) electrons. The predicted octanol–water partition coefficient (Wildman–Crippen LogP) is 2.47. The molecular formula is C16H20N2O3. The fourth-order valence-electron chi connectivity index (χ4n) is 2.87. The van der Waals surface area contributed by atoms with Crippen LogP contribution in [0, 0.1) is 0 Å². The minimum Gasteiger partial charge on any atom is -0.479 e. The predicted molar refractivity (Wildman–Crippen MR) is 79.5 cm³/mol. The second kappa shape index (κ2) is 5.76. The average molecular weight is 288 g/mol. The first-order chi connectivity index (χ1) is 10.1. The van der Waals surface area contributed by atoms with Crippen LogP contribution < -0.4 is 15.4 Å². The molecule has 0 bridgehead atoms. The lowest BCUT2D eigenvalue weighted by Crippen LogP contribution is -2.37. The van der Waals surface area contributed by atoms with E-state index >= 15 is 0 Å². The molecule has 1 saturated carbocycles. The molecule has 5 nitrogen and oxygen atoms in total. The highest BCUT2D eigenvalue weighted by molar-refractivity contribution is 6.01. The van der Waals surface area contributed by atoms with Crippen molar-refractivity contribution in [1.29, 1.82) is 0 Å². The van der Waals surface area contributed by atoms with Gasteiger partial charge in [0.15, 0.2) is 6.10 Å². The summed E-state index contributed by atoms with van der Waals surface area (Å²) in [4.78, 5) is 23.9. The fourth-order valence-corrected chi connectivity index (χ4v) is 2.87. The van der Waals surface area contributed by atoms with Gasteiger partial charge in [-0.2, -0.15) is 0 Å². The number of hydrogen-bond donors (Lipinski definition) is 2. The van der Waals surface area contributed by atoms with Crippen molar-refractivity contribution in [2.24, 2.45) is 0 Å².